The molecule has 1 amide bonds. The van der Waals surface area contributed by atoms with Gasteiger partial charge in [0.15, 0.2) is 0 Å². The number of halogens is 1. The van der Waals surface area contributed by atoms with Crippen LogP contribution in [0.1, 0.15) is 56.3 Å². The maximum Gasteiger partial charge on any atom is 0.255 e. The summed E-state index contributed by atoms with van der Waals surface area (Å²) in [7, 11) is 3.52. The van der Waals surface area contributed by atoms with Crippen molar-refractivity contribution < 1.29 is 4.79 Å². The number of hydrogen-bond acceptors (Lipinski definition) is 2. The molecule has 0 radical (unpaired) electrons. The Hall–Kier alpha value is -1.22. The van der Waals surface area contributed by atoms with Gasteiger partial charge in [-0.1, -0.05) is 44.2 Å². The molecule has 0 fully saturated rings. The second-order valence-electron chi connectivity index (χ2n) is 5.78. The highest BCUT2D eigenvalue weighted by atomic mass is 35.5. The van der Waals surface area contributed by atoms with Gasteiger partial charge in [0, 0.05) is 30.8 Å². The third-order valence-corrected chi connectivity index (χ3v) is 3.75. The number of unbranched alkanes of at least 4 members (excludes halogenated alkanes) is 3. The van der Waals surface area contributed by atoms with Gasteiger partial charge >= 0.3 is 0 Å². The van der Waals surface area contributed by atoms with Crippen molar-refractivity contribution in [1.82, 2.24) is 4.90 Å². The summed E-state index contributed by atoms with van der Waals surface area (Å²) in [5, 5.41) is 4.08. The van der Waals surface area contributed by atoms with Crippen molar-refractivity contribution in [2.75, 3.05) is 19.4 Å². The number of benzene rings is 1. The van der Waals surface area contributed by atoms with E-state index in [9.17, 15) is 4.79 Å². The zero-order chi connectivity index (χ0) is 15.8. The molecule has 0 bridgehead atoms. The molecule has 1 aromatic rings. The standard InChI is InChI=1S/C17H27ClN2O/c1-5-6-7-8-9-13(2)19-16-12-14(18)10-11-15(16)17(21)20(3)4/h10-13,19H,5-9H2,1-4H3. The van der Waals surface area contributed by atoms with E-state index in [2.05, 4.69) is 19.2 Å². The minimum absolute atomic E-state index is 0.00708. The quantitative estimate of drug-likeness (QED) is 0.699. The SMILES string of the molecule is CCCCCCC(C)Nc1cc(Cl)ccc1C(=O)N(C)C. The first-order chi connectivity index (χ1) is 9.95. The summed E-state index contributed by atoms with van der Waals surface area (Å²) in [6.45, 7) is 4.36. The third kappa shape index (κ3) is 5.96. The summed E-state index contributed by atoms with van der Waals surface area (Å²) in [6, 6.07) is 5.71. The zero-order valence-corrected chi connectivity index (χ0v) is 14.3. The first-order valence-electron chi connectivity index (χ1n) is 7.73. The minimum Gasteiger partial charge on any atom is -0.382 e. The van der Waals surface area contributed by atoms with Gasteiger partial charge in [-0.3, -0.25) is 4.79 Å². The molecule has 0 spiro atoms. The van der Waals surface area contributed by atoms with E-state index < -0.39 is 0 Å². The second-order valence-corrected chi connectivity index (χ2v) is 6.22. The Labute approximate surface area is 133 Å². The molecule has 1 unspecified atom stereocenters. The highest BCUT2D eigenvalue weighted by molar-refractivity contribution is 6.31. The van der Waals surface area contributed by atoms with Crippen LogP contribution in [0.15, 0.2) is 18.2 Å². The number of hydrogen-bond donors (Lipinski definition) is 1. The van der Waals surface area contributed by atoms with Crippen molar-refractivity contribution in [2.24, 2.45) is 0 Å². The molecule has 0 aliphatic carbocycles. The van der Waals surface area contributed by atoms with Crippen LogP contribution in [-0.2, 0) is 0 Å². The van der Waals surface area contributed by atoms with Crippen molar-refractivity contribution in [3.05, 3.63) is 28.8 Å². The fraction of sp³-hybridized carbons (Fsp3) is 0.588. The van der Waals surface area contributed by atoms with Gasteiger partial charge in [0.1, 0.15) is 0 Å². The van der Waals surface area contributed by atoms with Crippen LogP contribution in [0.3, 0.4) is 0 Å². The lowest BCUT2D eigenvalue weighted by atomic mass is 10.1. The molecule has 118 valence electrons. The van der Waals surface area contributed by atoms with Crippen molar-refractivity contribution in [3.8, 4) is 0 Å². The Kier molecular flexibility index (Phi) is 7.58. The van der Waals surface area contributed by atoms with Gasteiger partial charge in [-0.2, -0.15) is 0 Å². The molecule has 0 aliphatic rings. The number of anilines is 1. The molecule has 1 aromatic carbocycles. The van der Waals surface area contributed by atoms with Crippen molar-refractivity contribution in [1.29, 1.82) is 0 Å². The Morgan fingerprint density at radius 1 is 1.29 bits per heavy atom. The average molecular weight is 311 g/mol. The number of amides is 1. The Bertz CT molecular complexity index is 460. The van der Waals surface area contributed by atoms with E-state index in [1.807, 2.05) is 6.07 Å². The van der Waals surface area contributed by atoms with Gasteiger partial charge in [0.25, 0.3) is 5.91 Å². The summed E-state index contributed by atoms with van der Waals surface area (Å²) < 4.78 is 0. The monoisotopic (exact) mass is 310 g/mol. The third-order valence-electron chi connectivity index (χ3n) is 3.51. The molecule has 4 heteroatoms. The van der Waals surface area contributed by atoms with Gasteiger partial charge in [-0.25, -0.2) is 0 Å². The van der Waals surface area contributed by atoms with E-state index in [1.54, 1.807) is 31.1 Å². The molecular formula is C17H27ClN2O. The van der Waals surface area contributed by atoms with Crippen molar-refractivity contribution >= 4 is 23.2 Å². The molecule has 21 heavy (non-hydrogen) atoms. The molecule has 1 N–H and O–H groups in total. The Morgan fingerprint density at radius 2 is 2.00 bits per heavy atom. The maximum atomic E-state index is 12.2. The molecule has 0 saturated heterocycles. The van der Waals surface area contributed by atoms with Crippen LogP contribution in [0.25, 0.3) is 0 Å². The maximum absolute atomic E-state index is 12.2. The van der Waals surface area contributed by atoms with E-state index >= 15 is 0 Å². The molecule has 0 heterocycles. The summed E-state index contributed by atoms with van der Waals surface area (Å²) >= 11 is 6.07. The number of nitrogens with zero attached hydrogens (tertiary/aromatic N) is 1. The highest BCUT2D eigenvalue weighted by Crippen LogP contribution is 2.23. The van der Waals surface area contributed by atoms with Crippen LogP contribution in [0.5, 0.6) is 0 Å². The molecule has 0 aliphatic heterocycles. The Balaban J connectivity index is 2.72. The Morgan fingerprint density at radius 3 is 2.62 bits per heavy atom. The molecule has 3 nitrogen and oxygen atoms in total. The van der Waals surface area contributed by atoms with E-state index in [1.165, 1.54) is 25.7 Å². The average Bonchev–Trinajstić information content (AvgIpc) is 2.43. The predicted molar refractivity (Wildman–Crippen MR) is 91.3 cm³/mol. The number of nitrogens with one attached hydrogen (secondary N) is 1. The predicted octanol–water partition coefficient (Wildman–Crippen LogP) is 4.81. The lowest BCUT2D eigenvalue weighted by Crippen LogP contribution is -2.24. The fourth-order valence-electron chi connectivity index (χ4n) is 2.28. The van der Waals surface area contributed by atoms with Gasteiger partial charge < -0.3 is 10.2 Å². The number of carbonyl (C=O) groups is 1. The van der Waals surface area contributed by atoms with Crippen LogP contribution in [0.4, 0.5) is 5.69 Å². The highest BCUT2D eigenvalue weighted by Gasteiger charge is 2.15. The van der Waals surface area contributed by atoms with Gasteiger partial charge in [0.2, 0.25) is 0 Å². The molecule has 1 atom stereocenters. The topological polar surface area (TPSA) is 32.3 Å². The van der Waals surface area contributed by atoms with Crippen LogP contribution >= 0.6 is 11.6 Å². The largest absolute Gasteiger partial charge is 0.382 e. The van der Waals surface area contributed by atoms with Crippen LogP contribution in [0, 0.1) is 0 Å². The normalized spacial score (nSPS) is 12.0. The lowest BCUT2D eigenvalue weighted by molar-refractivity contribution is 0.0828. The summed E-state index contributed by atoms with van der Waals surface area (Å²) in [5.74, 6) is -0.00708. The smallest absolute Gasteiger partial charge is 0.255 e. The number of carbonyl (C=O) groups excluding carboxylic acids is 1. The van der Waals surface area contributed by atoms with Gasteiger partial charge in [0.05, 0.1) is 5.56 Å². The van der Waals surface area contributed by atoms with E-state index in [0.29, 0.717) is 16.6 Å². The van der Waals surface area contributed by atoms with Crippen molar-refractivity contribution in [3.63, 3.8) is 0 Å². The number of rotatable bonds is 8. The van der Waals surface area contributed by atoms with Crippen LogP contribution in [0.2, 0.25) is 5.02 Å². The summed E-state index contributed by atoms with van der Waals surface area (Å²) in [4.78, 5) is 13.8. The van der Waals surface area contributed by atoms with Crippen molar-refractivity contribution in [2.45, 2.75) is 52.0 Å². The first kappa shape index (κ1) is 17.8. The lowest BCUT2D eigenvalue weighted by Gasteiger charge is -2.20. The summed E-state index contributed by atoms with van der Waals surface area (Å²) in [6.07, 6.45) is 6.11. The van der Waals surface area contributed by atoms with E-state index in [-0.39, 0.29) is 5.91 Å². The fourth-order valence-corrected chi connectivity index (χ4v) is 2.45. The molecule has 0 aromatic heterocycles. The molecular weight excluding hydrogens is 284 g/mol. The zero-order valence-electron chi connectivity index (χ0n) is 13.6. The van der Waals surface area contributed by atoms with Crippen LogP contribution in [-0.4, -0.2) is 30.9 Å². The minimum atomic E-state index is -0.00708. The second kappa shape index (κ2) is 8.93. The van der Waals surface area contributed by atoms with E-state index in [4.69, 9.17) is 11.6 Å². The molecule has 0 saturated carbocycles. The van der Waals surface area contributed by atoms with Gasteiger partial charge in [-0.05, 0) is 31.5 Å². The van der Waals surface area contributed by atoms with E-state index in [0.717, 1.165) is 12.1 Å². The van der Waals surface area contributed by atoms with Gasteiger partial charge in [-0.15, -0.1) is 0 Å². The molecule has 1 rings (SSSR count). The summed E-state index contributed by atoms with van der Waals surface area (Å²) in [5.41, 5.74) is 1.49. The van der Waals surface area contributed by atoms with Crippen LogP contribution < -0.4 is 5.32 Å². The first-order valence-corrected chi connectivity index (χ1v) is 8.11.